The van der Waals surface area contributed by atoms with Crippen LogP contribution in [0.1, 0.15) is 0 Å². The van der Waals surface area contributed by atoms with Gasteiger partial charge in [0.2, 0.25) is 0 Å². The lowest BCUT2D eigenvalue weighted by Crippen LogP contribution is -2.58. The summed E-state index contributed by atoms with van der Waals surface area (Å²) in [7, 11) is -4.07. The SMILES string of the molecule is NCCP(=O)(O)O[C@@H]1O[C@H](CO)[C@H](O)[C@H](O)[C@H]1O. The van der Waals surface area contributed by atoms with E-state index in [0.717, 1.165) is 0 Å². The van der Waals surface area contributed by atoms with E-state index in [1.54, 1.807) is 0 Å². The summed E-state index contributed by atoms with van der Waals surface area (Å²) in [6, 6.07) is 0. The fourth-order valence-corrected chi connectivity index (χ4v) is 2.46. The Balaban J connectivity index is 2.73. The summed E-state index contributed by atoms with van der Waals surface area (Å²) in [5, 5.41) is 37.4. The lowest BCUT2D eigenvalue weighted by molar-refractivity contribution is -0.278. The predicted octanol–water partition coefficient (Wildman–Crippen LogP) is -3.05. The highest BCUT2D eigenvalue weighted by atomic mass is 31.2. The maximum absolute atomic E-state index is 11.5. The Hall–Kier alpha value is -0.0900. The molecule has 9 nitrogen and oxygen atoms in total. The molecule has 0 bridgehead atoms. The molecule has 1 saturated heterocycles. The van der Waals surface area contributed by atoms with Gasteiger partial charge in [-0.1, -0.05) is 0 Å². The summed E-state index contributed by atoms with van der Waals surface area (Å²) in [4.78, 5) is 9.35. The first kappa shape index (κ1) is 16.0. The molecule has 1 unspecified atom stereocenters. The van der Waals surface area contributed by atoms with Crippen LogP contribution in [0.25, 0.3) is 0 Å². The first-order valence-electron chi connectivity index (χ1n) is 5.33. The summed E-state index contributed by atoms with van der Waals surface area (Å²) >= 11 is 0. The fraction of sp³-hybridized carbons (Fsp3) is 1.00. The molecule has 0 spiro atoms. The second-order valence-electron chi connectivity index (χ2n) is 3.95. The van der Waals surface area contributed by atoms with Gasteiger partial charge in [0.05, 0.1) is 12.8 Å². The van der Waals surface area contributed by atoms with Gasteiger partial charge >= 0.3 is 7.60 Å². The molecule has 10 heteroatoms. The Bertz CT molecular complexity index is 313. The molecule has 1 aliphatic heterocycles. The molecule has 1 heterocycles. The largest absolute Gasteiger partial charge is 0.394 e. The minimum Gasteiger partial charge on any atom is -0.394 e. The van der Waals surface area contributed by atoms with Crippen molar-refractivity contribution in [2.75, 3.05) is 19.3 Å². The van der Waals surface area contributed by atoms with Crippen LogP contribution in [0.3, 0.4) is 0 Å². The number of aliphatic hydroxyl groups excluding tert-OH is 4. The molecule has 0 aliphatic carbocycles. The van der Waals surface area contributed by atoms with Crippen LogP contribution in [-0.2, 0) is 13.8 Å². The Morgan fingerprint density at radius 1 is 1.22 bits per heavy atom. The Morgan fingerprint density at radius 2 is 1.83 bits per heavy atom. The van der Waals surface area contributed by atoms with Crippen molar-refractivity contribution in [3.63, 3.8) is 0 Å². The summed E-state index contributed by atoms with van der Waals surface area (Å²) in [5.74, 6) is 0. The van der Waals surface area contributed by atoms with E-state index >= 15 is 0 Å². The Morgan fingerprint density at radius 3 is 2.33 bits per heavy atom. The molecule has 7 N–H and O–H groups in total. The van der Waals surface area contributed by atoms with Gasteiger partial charge in [-0.3, -0.25) is 9.09 Å². The van der Waals surface area contributed by atoms with Gasteiger partial charge in [0.1, 0.15) is 24.4 Å². The van der Waals surface area contributed by atoms with Crippen molar-refractivity contribution in [3.8, 4) is 0 Å². The first-order chi connectivity index (χ1) is 8.32. The number of nitrogens with two attached hydrogens (primary N) is 1. The van der Waals surface area contributed by atoms with Gasteiger partial charge in [-0.25, -0.2) is 0 Å². The van der Waals surface area contributed by atoms with Gasteiger partial charge in [0.15, 0.2) is 6.29 Å². The monoisotopic (exact) mass is 287 g/mol. The van der Waals surface area contributed by atoms with E-state index < -0.39 is 44.9 Å². The lowest BCUT2D eigenvalue weighted by Gasteiger charge is -2.39. The zero-order valence-corrected chi connectivity index (χ0v) is 10.4. The molecule has 1 fully saturated rings. The van der Waals surface area contributed by atoms with Gasteiger partial charge in [-0.05, 0) is 0 Å². The average molecular weight is 287 g/mol. The van der Waals surface area contributed by atoms with Gasteiger partial charge in [0, 0.05) is 6.54 Å². The maximum Gasteiger partial charge on any atom is 0.331 e. The molecule has 18 heavy (non-hydrogen) atoms. The lowest BCUT2D eigenvalue weighted by atomic mass is 10.00. The molecule has 0 aromatic heterocycles. The minimum absolute atomic E-state index is 0.106. The van der Waals surface area contributed by atoms with Crippen molar-refractivity contribution in [2.24, 2.45) is 5.73 Å². The van der Waals surface area contributed by atoms with Crippen molar-refractivity contribution >= 4 is 7.60 Å². The van der Waals surface area contributed by atoms with Crippen LogP contribution >= 0.6 is 7.60 Å². The quantitative estimate of drug-likeness (QED) is 0.288. The van der Waals surface area contributed by atoms with Gasteiger partial charge in [-0.2, -0.15) is 0 Å². The van der Waals surface area contributed by atoms with Crippen LogP contribution in [0.5, 0.6) is 0 Å². The average Bonchev–Trinajstić information content (AvgIpc) is 2.29. The number of ether oxygens (including phenoxy) is 1. The molecular weight excluding hydrogens is 269 g/mol. The highest BCUT2D eigenvalue weighted by Crippen LogP contribution is 2.44. The summed E-state index contributed by atoms with van der Waals surface area (Å²) < 4.78 is 21.0. The third kappa shape index (κ3) is 3.70. The van der Waals surface area contributed by atoms with Crippen molar-refractivity contribution in [1.29, 1.82) is 0 Å². The van der Waals surface area contributed by atoms with E-state index in [4.69, 9.17) is 15.6 Å². The second kappa shape index (κ2) is 6.38. The third-order valence-corrected chi connectivity index (χ3v) is 3.89. The molecule has 6 atom stereocenters. The third-order valence-electron chi connectivity index (χ3n) is 2.53. The van der Waals surface area contributed by atoms with Crippen LogP contribution < -0.4 is 5.73 Å². The van der Waals surface area contributed by atoms with E-state index in [0.29, 0.717) is 0 Å². The van der Waals surface area contributed by atoms with Crippen LogP contribution in [0.4, 0.5) is 0 Å². The number of hydrogen-bond acceptors (Lipinski definition) is 8. The normalized spacial score (nSPS) is 40.4. The Labute approximate surface area is 103 Å². The first-order valence-corrected chi connectivity index (χ1v) is 7.09. The summed E-state index contributed by atoms with van der Waals surface area (Å²) in [6.45, 7) is -0.747. The van der Waals surface area contributed by atoms with Crippen molar-refractivity contribution < 1.29 is 39.1 Å². The van der Waals surface area contributed by atoms with E-state index in [1.807, 2.05) is 0 Å². The van der Waals surface area contributed by atoms with Crippen molar-refractivity contribution in [2.45, 2.75) is 30.7 Å². The molecule has 0 radical (unpaired) electrons. The minimum atomic E-state index is -4.07. The predicted molar refractivity (Wildman–Crippen MR) is 58.6 cm³/mol. The van der Waals surface area contributed by atoms with Gasteiger partial charge < -0.3 is 35.8 Å². The van der Waals surface area contributed by atoms with E-state index in [1.165, 1.54) is 0 Å². The van der Waals surface area contributed by atoms with Crippen LogP contribution in [0.15, 0.2) is 0 Å². The van der Waals surface area contributed by atoms with Crippen molar-refractivity contribution in [1.82, 2.24) is 0 Å². The molecule has 1 rings (SSSR count). The van der Waals surface area contributed by atoms with E-state index in [-0.39, 0.29) is 12.7 Å². The molecular formula is C8H18NO8P. The zero-order chi connectivity index (χ0) is 13.9. The second-order valence-corrected chi connectivity index (χ2v) is 5.89. The number of rotatable bonds is 5. The highest BCUT2D eigenvalue weighted by molar-refractivity contribution is 7.52. The van der Waals surface area contributed by atoms with Gasteiger partial charge in [-0.15, -0.1) is 0 Å². The van der Waals surface area contributed by atoms with Crippen LogP contribution in [-0.4, -0.2) is 75.3 Å². The van der Waals surface area contributed by atoms with Crippen molar-refractivity contribution in [3.05, 3.63) is 0 Å². The molecule has 108 valence electrons. The standard InChI is InChI=1S/C8H18NO8P/c9-1-2-18(14,15)17-8-7(13)6(12)5(11)4(3-10)16-8/h4-8,10-13H,1-3,9H2,(H,14,15)/t4-,5+,6+,7-,8+/m1/s1. The van der Waals surface area contributed by atoms with Crippen LogP contribution in [0, 0.1) is 0 Å². The highest BCUT2D eigenvalue weighted by Gasteiger charge is 2.46. The fourth-order valence-electron chi connectivity index (χ4n) is 1.53. The summed E-state index contributed by atoms with van der Waals surface area (Å²) in [6.07, 6.45) is -8.06. The smallest absolute Gasteiger partial charge is 0.331 e. The van der Waals surface area contributed by atoms with E-state index in [2.05, 4.69) is 4.52 Å². The number of aliphatic hydroxyl groups is 4. The van der Waals surface area contributed by atoms with Gasteiger partial charge in [0.25, 0.3) is 0 Å². The molecule has 0 aromatic rings. The molecule has 1 aliphatic rings. The molecule has 0 saturated carbocycles. The summed E-state index contributed by atoms with van der Waals surface area (Å²) in [5.41, 5.74) is 5.11. The molecule has 0 amide bonds. The Kier molecular flexibility index (Phi) is 5.66. The maximum atomic E-state index is 11.5. The van der Waals surface area contributed by atoms with Crippen LogP contribution in [0.2, 0.25) is 0 Å². The number of hydrogen-bond donors (Lipinski definition) is 6. The van der Waals surface area contributed by atoms with E-state index in [9.17, 15) is 24.8 Å². The zero-order valence-electron chi connectivity index (χ0n) is 9.49. The topological polar surface area (TPSA) is 163 Å². The molecule has 0 aromatic carbocycles.